The molecule has 0 atom stereocenters. The van der Waals surface area contributed by atoms with Crippen molar-refractivity contribution in [2.75, 3.05) is 39.9 Å². The molecular formula is C12H28N2O. The number of nitrogens with one attached hydrogen (secondary N) is 1. The highest BCUT2D eigenvalue weighted by molar-refractivity contribution is 4.64. The summed E-state index contributed by atoms with van der Waals surface area (Å²) in [4.78, 5) is 2.44. The van der Waals surface area contributed by atoms with Crippen molar-refractivity contribution >= 4 is 0 Å². The normalized spacial score (nSPS) is 12.0. The minimum absolute atomic E-state index is 0.598. The van der Waals surface area contributed by atoms with Gasteiger partial charge in [0.2, 0.25) is 0 Å². The zero-order chi connectivity index (χ0) is 11.7. The van der Waals surface area contributed by atoms with Crippen LogP contribution in [-0.4, -0.2) is 50.8 Å². The standard InChI is InChI=1S/C12H28N2O/c1-11(2)10-13-6-7-14(12(3)4)8-9-15-5/h11-13H,6-10H2,1-5H3. The molecule has 0 radical (unpaired) electrons. The highest BCUT2D eigenvalue weighted by atomic mass is 16.5. The van der Waals surface area contributed by atoms with Gasteiger partial charge in [-0.3, -0.25) is 4.90 Å². The number of hydrogen-bond acceptors (Lipinski definition) is 3. The molecule has 0 amide bonds. The fourth-order valence-electron chi connectivity index (χ4n) is 1.45. The first kappa shape index (κ1) is 14.9. The predicted molar refractivity (Wildman–Crippen MR) is 66.3 cm³/mol. The average molecular weight is 216 g/mol. The first-order valence-corrected chi connectivity index (χ1v) is 6.01. The fraction of sp³-hybridized carbons (Fsp3) is 1.00. The van der Waals surface area contributed by atoms with Gasteiger partial charge in [0.25, 0.3) is 0 Å². The maximum atomic E-state index is 5.10. The molecule has 0 aliphatic heterocycles. The zero-order valence-corrected chi connectivity index (χ0v) is 11.0. The van der Waals surface area contributed by atoms with Crippen LogP contribution in [0.25, 0.3) is 0 Å². The van der Waals surface area contributed by atoms with E-state index in [0.29, 0.717) is 6.04 Å². The Labute approximate surface area is 95.2 Å². The summed E-state index contributed by atoms with van der Waals surface area (Å²) in [5.74, 6) is 0.733. The van der Waals surface area contributed by atoms with Gasteiger partial charge < -0.3 is 10.1 Å². The predicted octanol–water partition coefficient (Wildman–Crippen LogP) is 1.59. The lowest BCUT2D eigenvalue weighted by Gasteiger charge is -2.26. The Balaban J connectivity index is 3.57. The minimum Gasteiger partial charge on any atom is -0.383 e. The molecule has 15 heavy (non-hydrogen) atoms. The van der Waals surface area contributed by atoms with E-state index in [1.54, 1.807) is 7.11 Å². The first-order valence-electron chi connectivity index (χ1n) is 6.01. The molecule has 1 N–H and O–H groups in total. The second kappa shape index (κ2) is 9.13. The molecule has 0 saturated heterocycles. The van der Waals surface area contributed by atoms with E-state index < -0.39 is 0 Å². The molecule has 0 aromatic rings. The van der Waals surface area contributed by atoms with E-state index in [1.165, 1.54) is 0 Å². The summed E-state index contributed by atoms with van der Waals surface area (Å²) in [5.41, 5.74) is 0. The van der Waals surface area contributed by atoms with Gasteiger partial charge in [-0.15, -0.1) is 0 Å². The van der Waals surface area contributed by atoms with Crippen LogP contribution >= 0.6 is 0 Å². The molecule has 0 heterocycles. The largest absolute Gasteiger partial charge is 0.383 e. The zero-order valence-electron chi connectivity index (χ0n) is 11.0. The van der Waals surface area contributed by atoms with Gasteiger partial charge >= 0.3 is 0 Å². The van der Waals surface area contributed by atoms with Crippen LogP contribution in [0, 0.1) is 5.92 Å². The maximum Gasteiger partial charge on any atom is 0.0589 e. The van der Waals surface area contributed by atoms with Gasteiger partial charge in [0, 0.05) is 32.8 Å². The third kappa shape index (κ3) is 8.85. The molecule has 3 heteroatoms. The lowest BCUT2D eigenvalue weighted by molar-refractivity contribution is 0.130. The van der Waals surface area contributed by atoms with E-state index >= 15 is 0 Å². The van der Waals surface area contributed by atoms with Crippen molar-refractivity contribution in [2.45, 2.75) is 33.7 Å². The van der Waals surface area contributed by atoms with E-state index in [-0.39, 0.29) is 0 Å². The van der Waals surface area contributed by atoms with Gasteiger partial charge in [-0.2, -0.15) is 0 Å². The number of hydrogen-bond donors (Lipinski definition) is 1. The SMILES string of the molecule is COCCN(CCNCC(C)C)C(C)C. The third-order valence-electron chi connectivity index (χ3n) is 2.44. The van der Waals surface area contributed by atoms with Crippen molar-refractivity contribution in [2.24, 2.45) is 5.92 Å². The monoisotopic (exact) mass is 216 g/mol. The summed E-state index contributed by atoms with van der Waals surface area (Å²) >= 11 is 0. The van der Waals surface area contributed by atoms with Crippen molar-refractivity contribution in [1.82, 2.24) is 10.2 Å². The average Bonchev–Trinajstić information content (AvgIpc) is 2.15. The Hall–Kier alpha value is -0.120. The molecule has 0 aromatic heterocycles. The van der Waals surface area contributed by atoms with E-state index in [4.69, 9.17) is 4.74 Å². The summed E-state index contributed by atoms with van der Waals surface area (Å²) in [6.07, 6.45) is 0. The van der Waals surface area contributed by atoms with Crippen LogP contribution in [0.15, 0.2) is 0 Å². The van der Waals surface area contributed by atoms with Gasteiger partial charge in [-0.1, -0.05) is 13.8 Å². The van der Waals surface area contributed by atoms with Crippen molar-refractivity contribution in [1.29, 1.82) is 0 Å². The van der Waals surface area contributed by atoms with E-state index in [0.717, 1.165) is 38.7 Å². The summed E-state index contributed by atoms with van der Waals surface area (Å²) in [5, 5.41) is 3.46. The second-order valence-corrected chi connectivity index (χ2v) is 4.72. The highest BCUT2D eigenvalue weighted by Gasteiger charge is 2.07. The number of nitrogens with zero attached hydrogens (tertiary/aromatic N) is 1. The van der Waals surface area contributed by atoms with Gasteiger partial charge in [0.05, 0.1) is 6.61 Å². The van der Waals surface area contributed by atoms with Gasteiger partial charge in [0.1, 0.15) is 0 Å². The highest BCUT2D eigenvalue weighted by Crippen LogP contribution is 1.96. The Morgan fingerprint density at radius 2 is 1.80 bits per heavy atom. The van der Waals surface area contributed by atoms with Crippen LogP contribution in [0.4, 0.5) is 0 Å². The second-order valence-electron chi connectivity index (χ2n) is 4.72. The smallest absolute Gasteiger partial charge is 0.0589 e. The van der Waals surface area contributed by atoms with E-state index in [1.807, 2.05) is 0 Å². The molecule has 0 spiro atoms. The van der Waals surface area contributed by atoms with E-state index in [2.05, 4.69) is 37.9 Å². The summed E-state index contributed by atoms with van der Waals surface area (Å²) in [7, 11) is 1.76. The molecule has 0 rings (SSSR count). The number of methoxy groups -OCH3 is 1. The molecule has 0 aromatic carbocycles. The van der Waals surface area contributed by atoms with Crippen LogP contribution in [0.2, 0.25) is 0 Å². The van der Waals surface area contributed by atoms with Crippen LogP contribution in [-0.2, 0) is 4.74 Å². The summed E-state index contributed by atoms with van der Waals surface area (Å²) in [6.45, 7) is 14.1. The Morgan fingerprint density at radius 3 is 2.27 bits per heavy atom. The molecule has 0 aliphatic rings. The summed E-state index contributed by atoms with van der Waals surface area (Å²) in [6, 6.07) is 0.598. The van der Waals surface area contributed by atoms with Crippen LogP contribution in [0.1, 0.15) is 27.7 Å². The quantitative estimate of drug-likeness (QED) is 0.592. The fourth-order valence-corrected chi connectivity index (χ4v) is 1.45. The number of ether oxygens (including phenoxy) is 1. The Morgan fingerprint density at radius 1 is 1.13 bits per heavy atom. The van der Waals surface area contributed by atoms with Crippen molar-refractivity contribution in [3.63, 3.8) is 0 Å². The van der Waals surface area contributed by atoms with Crippen LogP contribution < -0.4 is 5.32 Å². The Kier molecular flexibility index (Phi) is 9.06. The Bertz CT molecular complexity index is 138. The maximum absolute atomic E-state index is 5.10. The van der Waals surface area contributed by atoms with Crippen molar-refractivity contribution < 1.29 is 4.74 Å². The number of rotatable bonds is 9. The van der Waals surface area contributed by atoms with Crippen molar-refractivity contribution in [3.8, 4) is 0 Å². The topological polar surface area (TPSA) is 24.5 Å². The van der Waals surface area contributed by atoms with E-state index in [9.17, 15) is 0 Å². The van der Waals surface area contributed by atoms with Crippen LogP contribution in [0.5, 0.6) is 0 Å². The molecule has 0 saturated carbocycles. The van der Waals surface area contributed by atoms with Gasteiger partial charge in [-0.05, 0) is 26.3 Å². The molecule has 92 valence electrons. The third-order valence-corrected chi connectivity index (χ3v) is 2.44. The first-order chi connectivity index (χ1) is 7.07. The molecular weight excluding hydrogens is 188 g/mol. The van der Waals surface area contributed by atoms with Crippen molar-refractivity contribution in [3.05, 3.63) is 0 Å². The lowest BCUT2D eigenvalue weighted by Crippen LogP contribution is -2.39. The van der Waals surface area contributed by atoms with Gasteiger partial charge in [0.15, 0.2) is 0 Å². The molecule has 3 nitrogen and oxygen atoms in total. The molecule has 0 bridgehead atoms. The molecule has 0 unspecified atom stereocenters. The molecule has 0 aliphatic carbocycles. The summed E-state index contributed by atoms with van der Waals surface area (Å²) < 4.78 is 5.10. The lowest BCUT2D eigenvalue weighted by atomic mass is 10.2. The minimum atomic E-state index is 0.598. The van der Waals surface area contributed by atoms with Gasteiger partial charge in [-0.25, -0.2) is 0 Å². The van der Waals surface area contributed by atoms with Crippen LogP contribution in [0.3, 0.4) is 0 Å². The molecule has 0 fully saturated rings.